The number of aromatic amines is 1. The molecule has 1 fully saturated rings. The number of aliphatic imine (C=N–C) groups is 1. The van der Waals surface area contributed by atoms with Crippen LogP contribution in [-0.4, -0.2) is 37.9 Å². The zero-order valence-electron chi connectivity index (χ0n) is 11.7. The van der Waals surface area contributed by atoms with Crippen LogP contribution in [0.25, 0.3) is 0 Å². The van der Waals surface area contributed by atoms with Crippen LogP contribution in [0.4, 0.5) is 5.82 Å². The molecule has 2 heterocycles. The Kier molecular flexibility index (Phi) is 3.42. The minimum Gasteiger partial charge on any atom is -0.481 e. The Morgan fingerprint density at radius 2 is 2.24 bits per heavy atom. The minimum absolute atomic E-state index is 0.194. The van der Waals surface area contributed by atoms with Gasteiger partial charge in [-0.25, -0.2) is 9.98 Å². The molecule has 1 aromatic rings. The van der Waals surface area contributed by atoms with Gasteiger partial charge in [0.25, 0.3) is 0 Å². The number of nitrogens with two attached hydrogens (primary N) is 2. The van der Waals surface area contributed by atoms with Crippen LogP contribution in [0.15, 0.2) is 11.3 Å². The van der Waals surface area contributed by atoms with Crippen molar-refractivity contribution in [2.24, 2.45) is 22.4 Å². The highest BCUT2D eigenvalue weighted by atomic mass is 16.4. The highest BCUT2D eigenvalue weighted by molar-refractivity contribution is 5.67. The van der Waals surface area contributed by atoms with Crippen molar-refractivity contribution in [1.82, 2.24) is 14.9 Å². The largest absolute Gasteiger partial charge is 0.481 e. The van der Waals surface area contributed by atoms with Crippen LogP contribution in [-0.2, 0) is 4.79 Å². The van der Waals surface area contributed by atoms with Gasteiger partial charge in [0.15, 0.2) is 5.82 Å². The van der Waals surface area contributed by atoms with Crippen LogP contribution in [0.5, 0.6) is 0 Å². The SMILES string of the molecule is NC1c2[nH]cnc2N=CN1C1(N)CCC(CC(=O)O)CC1. The first-order chi connectivity index (χ1) is 9.99. The van der Waals surface area contributed by atoms with Gasteiger partial charge in [0.2, 0.25) is 0 Å². The third-order valence-electron chi connectivity index (χ3n) is 4.50. The summed E-state index contributed by atoms with van der Waals surface area (Å²) in [5.74, 6) is 0.0459. The molecule has 8 nitrogen and oxygen atoms in total. The zero-order chi connectivity index (χ0) is 15.0. The van der Waals surface area contributed by atoms with E-state index in [-0.39, 0.29) is 12.3 Å². The summed E-state index contributed by atoms with van der Waals surface area (Å²) in [5, 5.41) is 8.88. The van der Waals surface area contributed by atoms with E-state index in [1.54, 1.807) is 12.7 Å². The van der Waals surface area contributed by atoms with Crippen molar-refractivity contribution in [3.8, 4) is 0 Å². The van der Waals surface area contributed by atoms with Gasteiger partial charge in [0.05, 0.1) is 24.0 Å². The molecule has 6 N–H and O–H groups in total. The van der Waals surface area contributed by atoms with Gasteiger partial charge in [0, 0.05) is 6.42 Å². The summed E-state index contributed by atoms with van der Waals surface area (Å²) in [6.45, 7) is 0. The van der Waals surface area contributed by atoms with E-state index in [1.165, 1.54) is 0 Å². The van der Waals surface area contributed by atoms with E-state index in [4.69, 9.17) is 16.6 Å². The molecule has 3 rings (SSSR count). The van der Waals surface area contributed by atoms with Crippen molar-refractivity contribution < 1.29 is 9.90 Å². The van der Waals surface area contributed by atoms with Crippen molar-refractivity contribution >= 4 is 18.1 Å². The summed E-state index contributed by atoms with van der Waals surface area (Å²) in [6.07, 6.45) is 6.01. The quantitative estimate of drug-likeness (QED) is 0.646. The van der Waals surface area contributed by atoms with Crippen molar-refractivity contribution in [2.75, 3.05) is 0 Å². The lowest BCUT2D eigenvalue weighted by atomic mass is 9.79. The van der Waals surface area contributed by atoms with Crippen LogP contribution in [0.1, 0.15) is 44.0 Å². The number of carbonyl (C=O) groups is 1. The van der Waals surface area contributed by atoms with E-state index >= 15 is 0 Å². The molecule has 0 saturated heterocycles. The Bertz CT molecular complexity index is 561. The fourth-order valence-corrected chi connectivity index (χ4v) is 3.22. The predicted molar refractivity (Wildman–Crippen MR) is 76.6 cm³/mol. The molecule has 1 saturated carbocycles. The number of imidazole rings is 1. The van der Waals surface area contributed by atoms with Gasteiger partial charge in [-0.05, 0) is 31.6 Å². The number of carboxylic acids is 1. The maximum absolute atomic E-state index is 10.8. The molecule has 0 radical (unpaired) electrons. The molecular weight excluding hydrogens is 272 g/mol. The van der Waals surface area contributed by atoms with Gasteiger partial charge < -0.3 is 26.5 Å². The van der Waals surface area contributed by atoms with Crippen LogP contribution in [0.2, 0.25) is 0 Å². The number of aliphatic carboxylic acids is 1. The first kappa shape index (κ1) is 14.0. The number of carboxylic acid groups (broad SMARTS) is 1. The van der Waals surface area contributed by atoms with E-state index < -0.39 is 17.8 Å². The molecule has 114 valence electrons. The van der Waals surface area contributed by atoms with Crippen molar-refractivity contribution in [1.29, 1.82) is 0 Å². The van der Waals surface area contributed by atoms with E-state index in [1.807, 2.05) is 4.90 Å². The van der Waals surface area contributed by atoms with Gasteiger partial charge in [-0.2, -0.15) is 0 Å². The van der Waals surface area contributed by atoms with Crippen LogP contribution >= 0.6 is 0 Å². The Morgan fingerprint density at radius 3 is 2.90 bits per heavy atom. The standard InChI is InChI=1S/C13H20N6O2/c14-11-10-12(17-6-16-10)18-7-19(11)13(15)3-1-8(2-4-13)5-9(20)21/h6-8,11H,1-5,14-15H2,(H,16,17)(H,20,21). The average molecular weight is 292 g/mol. The smallest absolute Gasteiger partial charge is 0.303 e. The third kappa shape index (κ3) is 2.52. The first-order valence-corrected chi connectivity index (χ1v) is 7.12. The van der Waals surface area contributed by atoms with E-state index in [9.17, 15) is 4.79 Å². The van der Waals surface area contributed by atoms with Crippen molar-refractivity contribution in [3.63, 3.8) is 0 Å². The average Bonchev–Trinajstić information content (AvgIpc) is 2.91. The normalized spacial score (nSPS) is 32.0. The molecule has 2 aliphatic rings. The number of nitrogens with one attached hydrogen (secondary N) is 1. The second-order valence-electron chi connectivity index (χ2n) is 5.88. The molecule has 8 heteroatoms. The van der Waals surface area contributed by atoms with Gasteiger partial charge in [-0.15, -0.1) is 0 Å². The summed E-state index contributed by atoms with van der Waals surface area (Å²) >= 11 is 0. The molecular formula is C13H20N6O2. The van der Waals surface area contributed by atoms with E-state index in [2.05, 4.69) is 15.0 Å². The summed E-state index contributed by atoms with van der Waals surface area (Å²) in [4.78, 5) is 24.0. The number of H-pyrrole nitrogens is 1. The Hall–Kier alpha value is -1.93. The molecule has 1 aliphatic heterocycles. The second-order valence-corrected chi connectivity index (χ2v) is 5.88. The second kappa shape index (κ2) is 5.12. The maximum Gasteiger partial charge on any atom is 0.303 e. The predicted octanol–water partition coefficient (Wildman–Crippen LogP) is 0.662. The van der Waals surface area contributed by atoms with E-state index in [0.717, 1.165) is 18.5 Å². The Balaban J connectivity index is 1.71. The Morgan fingerprint density at radius 1 is 1.52 bits per heavy atom. The third-order valence-corrected chi connectivity index (χ3v) is 4.50. The molecule has 1 aliphatic carbocycles. The number of aromatic nitrogens is 2. The molecule has 0 bridgehead atoms. The zero-order valence-corrected chi connectivity index (χ0v) is 11.7. The maximum atomic E-state index is 10.8. The lowest BCUT2D eigenvalue weighted by molar-refractivity contribution is -0.138. The van der Waals surface area contributed by atoms with Gasteiger partial charge in [-0.3, -0.25) is 4.79 Å². The Labute approximate surface area is 122 Å². The van der Waals surface area contributed by atoms with Crippen LogP contribution in [0, 0.1) is 5.92 Å². The van der Waals surface area contributed by atoms with Gasteiger partial charge in [-0.1, -0.05) is 0 Å². The number of nitrogens with zero attached hydrogens (tertiary/aromatic N) is 3. The summed E-state index contributed by atoms with van der Waals surface area (Å²) in [6, 6.07) is 0. The van der Waals surface area contributed by atoms with E-state index in [0.29, 0.717) is 18.7 Å². The number of rotatable bonds is 3. The van der Waals surface area contributed by atoms with Gasteiger partial charge >= 0.3 is 5.97 Å². The molecule has 0 amide bonds. The monoisotopic (exact) mass is 292 g/mol. The number of hydrogen-bond acceptors (Lipinski definition) is 6. The highest BCUT2D eigenvalue weighted by Gasteiger charge is 2.41. The molecule has 0 spiro atoms. The molecule has 1 atom stereocenters. The first-order valence-electron chi connectivity index (χ1n) is 7.12. The topological polar surface area (TPSA) is 134 Å². The molecule has 21 heavy (non-hydrogen) atoms. The highest BCUT2D eigenvalue weighted by Crippen LogP contribution is 2.38. The summed E-state index contributed by atoms with van der Waals surface area (Å²) in [5.41, 5.74) is 12.9. The summed E-state index contributed by atoms with van der Waals surface area (Å²) < 4.78 is 0. The fraction of sp³-hybridized carbons (Fsp3) is 0.615. The lowest BCUT2D eigenvalue weighted by Crippen LogP contribution is -2.60. The molecule has 1 aromatic heterocycles. The van der Waals surface area contributed by atoms with Crippen molar-refractivity contribution in [3.05, 3.63) is 12.0 Å². The van der Waals surface area contributed by atoms with Crippen LogP contribution in [0.3, 0.4) is 0 Å². The molecule has 0 aromatic carbocycles. The number of fused-ring (bicyclic) bond motifs is 1. The van der Waals surface area contributed by atoms with Gasteiger partial charge in [0.1, 0.15) is 6.17 Å². The van der Waals surface area contributed by atoms with Crippen molar-refractivity contribution in [2.45, 2.75) is 43.9 Å². The molecule has 1 unspecified atom stereocenters. The number of hydrogen-bond donors (Lipinski definition) is 4. The minimum atomic E-state index is -0.747. The fourth-order valence-electron chi connectivity index (χ4n) is 3.22. The lowest BCUT2D eigenvalue weighted by Gasteiger charge is -2.47. The van der Waals surface area contributed by atoms with Crippen LogP contribution < -0.4 is 11.5 Å². The summed E-state index contributed by atoms with van der Waals surface area (Å²) in [7, 11) is 0.